The zero-order chi connectivity index (χ0) is 5.70. The molecule has 0 aromatic carbocycles. The van der Waals surface area contributed by atoms with Gasteiger partial charge in [-0.3, -0.25) is 0 Å². The van der Waals surface area contributed by atoms with Crippen LogP contribution in [-0.2, 0) is 0 Å². The number of nitrogens with zero attached hydrogens (tertiary/aromatic N) is 1. The second-order valence-corrected chi connectivity index (χ2v) is 1.00. The number of hydrogen-bond donors (Lipinski definition) is 1. The van der Waals surface area contributed by atoms with Gasteiger partial charge in [0, 0.05) is 6.21 Å². The van der Waals surface area contributed by atoms with E-state index >= 15 is 0 Å². The molecule has 0 amide bonds. The first-order valence-electron chi connectivity index (χ1n) is 1.92. The molecular weight excluding hydrogens is 88.1 g/mol. The number of rotatable bonds is 1. The highest BCUT2D eigenvalue weighted by Gasteiger charge is 1.78. The van der Waals surface area contributed by atoms with Crippen LogP contribution in [-0.4, -0.2) is 6.21 Å². The number of hydrogen-bond acceptors (Lipinski definition) is 2. The van der Waals surface area contributed by atoms with Gasteiger partial charge in [0.25, 0.3) is 0 Å². The van der Waals surface area contributed by atoms with Crippen molar-refractivity contribution in [1.29, 1.82) is 10.7 Å². The van der Waals surface area contributed by atoms with Crippen molar-refractivity contribution in [2.24, 2.45) is 0 Å². The zero-order valence-corrected chi connectivity index (χ0v) is 4.10. The quantitative estimate of drug-likeness (QED) is 0.384. The highest BCUT2D eigenvalue weighted by atomic mass is 14.3. The van der Waals surface area contributed by atoms with Crippen LogP contribution >= 0.6 is 0 Å². The second-order valence-electron chi connectivity index (χ2n) is 1.00. The van der Waals surface area contributed by atoms with E-state index in [4.69, 9.17) is 10.7 Å². The molecule has 0 aromatic rings. The normalized spacial score (nSPS) is 10.0. The van der Waals surface area contributed by atoms with Crippen molar-refractivity contribution in [1.82, 2.24) is 0 Å². The lowest BCUT2D eigenvalue weighted by Crippen LogP contribution is -1.72. The topological polar surface area (TPSA) is 47.6 Å². The summed E-state index contributed by atoms with van der Waals surface area (Å²) in [6.45, 7) is 1.73. The molecule has 1 N–H and O–H groups in total. The van der Waals surface area contributed by atoms with E-state index in [9.17, 15) is 0 Å². The van der Waals surface area contributed by atoms with Crippen molar-refractivity contribution < 1.29 is 0 Å². The Morgan fingerprint density at radius 3 is 2.43 bits per heavy atom. The van der Waals surface area contributed by atoms with Crippen LogP contribution in [0.15, 0.2) is 11.6 Å². The van der Waals surface area contributed by atoms with E-state index in [0.29, 0.717) is 5.57 Å². The Bertz CT molecular complexity index is 128. The highest BCUT2D eigenvalue weighted by molar-refractivity contribution is 5.80. The second kappa shape index (κ2) is 3.10. The lowest BCUT2D eigenvalue weighted by Gasteiger charge is -1.73. The summed E-state index contributed by atoms with van der Waals surface area (Å²) in [6, 6.07) is 1.82. The molecule has 0 aromatic heterocycles. The van der Waals surface area contributed by atoms with E-state index in [1.807, 2.05) is 6.07 Å². The first-order valence-corrected chi connectivity index (χ1v) is 1.92. The monoisotopic (exact) mass is 94.1 g/mol. The van der Waals surface area contributed by atoms with Crippen LogP contribution in [0.3, 0.4) is 0 Å². The van der Waals surface area contributed by atoms with E-state index in [1.165, 1.54) is 0 Å². The van der Waals surface area contributed by atoms with Gasteiger partial charge in [-0.2, -0.15) is 5.26 Å². The number of nitriles is 1. The fraction of sp³-hybridized carbons (Fsp3) is 0.200. The zero-order valence-electron chi connectivity index (χ0n) is 4.10. The summed E-state index contributed by atoms with van der Waals surface area (Å²) in [6.07, 6.45) is 2.62. The lowest BCUT2D eigenvalue weighted by atomic mass is 10.3. The Morgan fingerprint density at radius 2 is 2.43 bits per heavy atom. The Morgan fingerprint density at radius 1 is 1.86 bits per heavy atom. The molecule has 0 aliphatic heterocycles. The molecule has 0 aliphatic rings. The smallest absolute Gasteiger partial charge is 0.100 e. The average molecular weight is 94.1 g/mol. The first kappa shape index (κ1) is 5.90. The molecule has 0 unspecified atom stereocenters. The molecule has 0 atom stereocenters. The molecule has 0 fully saturated rings. The van der Waals surface area contributed by atoms with Crippen LogP contribution in [0.5, 0.6) is 0 Å². The standard InChI is InChI=1S/C5H6N2/c1-2-5(3-6)4-7/h2-3,6H,1H3/b5-2+,6-3?. The third kappa shape index (κ3) is 1.72. The van der Waals surface area contributed by atoms with E-state index in [-0.39, 0.29) is 0 Å². The number of nitrogens with one attached hydrogen (secondary N) is 1. The predicted molar refractivity (Wildman–Crippen MR) is 28.2 cm³/mol. The molecule has 0 heterocycles. The maximum atomic E-state index is 8.06. The van der Waals surface area contributed by atoms with E-state index in [0.717, 1.165) is 6.21 Å². The van der Waals surface area contributed by atoms with Gasteiger partial charge in [0.1, 0.15) is 6.07 Å². The molecule has 0 aliphatic carbocycles. The van der Waals surface area contributed by atoms with Crippen LogP contribution in [0.2, 0.25) is 0 Å². The molecule has 0 spiro atoms. The van der Waals surface area contributed by atoms with E-state index < -0.39 is 0 Å². The highest BCUT2D eigenvalue weighted by Crippen LogP contribution is 1.81. The van der Waals surface area contributed by atoms with E-state index in [1.54, 1.807) is 13.0 Å². The summed E-state index contributed by atoms with van der Waals surface area (Å²) in [5, 5.41) is 14.6. The lowest BCUT2D eigenvalue weighted by molar-refractivity contribution is 1.48. The van der Waals surface area contributed by atoms with Crippen LogP contribution in [0, 0.1) is 16.7 Å². The summed E-state index contributed by atoms with van der Waals surface area (Å²) >= 11 is 0. The van der Waals surface area contributed by atoms with Gasteiger partial charge in [-0.1, -0.05) is 6.08 Å². The first-order chi connectivity index (χ1) is 3.35. The molecule has 36 valence electrons. The van der Waals surface area contributed by atoms with Crippen LogP contribution in [0.1, 0.15) is 6.92 Å². The largest absolute Gasteiger partial charge is 0.307 e. The molecule has 0 saturated carbocycles. The SMILES string of the molecule is C/C=C(/C#N)C=N. The fourth-order valence-electron chi connectivity index (χ4n) is 0.180. The van der Waals surface area contributed by atoms with Gasteiger partial charge in [-0.05, 0) is 6.92 Å². The maximum Gasteiger partial charge on any atom is 0.100 e. The minimum Gasteiger partial charge on any atom is -0.307 e. The maximum absolute atomic E-state index is 8.06. The van der Waals surface area contributed by atoms with Gasteiger partial charge in [-0.15, -0.1) is 0 Å². The molecule has 0 saturated heterocycles. The predicted octanol–water partition coefficient (Wildman–Crippen LogP) is 1.11. The Balaban J connectivity index is 3.94. The fourth-order valence-corrected chi connectivity index (χ4v) is 0.180. The summed E-state index contributed by atoms with van der Waals surface area (Å²) in [5.41, 5.74) is 0.403. The summed E-state index contributed by atoms with van der Waals surface area (Å²) in [7, 11) is 0. The minimum absolute atomic E-state index is 0.403. The number of allylic oxidation sites excluding steroid dienone is 2. The van der Waals surface area contributed by atoms with Crippen molar-refractivity contribution in [3.63, 3.8) is 0 Å². The summed E-state index contributed by atoms with van der Waals surface area (Å²) in [4.78, 5) is 0. The van der Waals surface area contributed by atoms with Crippen molar-refractivity contribution in [2.45, 2.75) is 6.92 Å². The average Bonchev–Trinajstić information content (AvgIpc) is 1.72. The summed E-state index contributed by atoms with van der Waals surface area (Å²) < 4.78 is 0. The summed E-state index contributed by atoms with van der Waals surface area (Å²) in [5.74, 6) is 0. The van der Waals surface area contributed by atoms with Gasteiger partial charge in [-0.25, -0.2) is 0 Å². The Kier molecular flexibility index (Phi) is 2.62. The molecule has 2 heteroatoms. The molecule has 0 radical (unpaired) electrons. The van der Waals surface area contributed by atoms with Crippen LogP contribution < -0.4 is 0 Å². The van der Waals surface area contributed by atoms with Crippen molar-refractivity contribution in [3.05, 3.63) is 11.6 Å². The van der Waals surface area contributed by atoms with Gasteiger partial charge in [0.15, 0.2) is 0 Å². The van der Waals surface area contributed by atoms with Gasteiger partial charge >= 0.3 is 0 Å². The third-order valence-corrected chi connectivity index (χ3v) is 0.596. The van der Waals surface area contributed by atoms with Crippen molar-refractivity contribution in [2.75, 3.05) is 0 Å². The van der Waals surface area contributed by atoms with Crippen molar-refractivity contribution >= 4 is 6.21 Å². The molecule has 7 heavy (non-hydrogen) atoms. The molecule has 2 nitrogen and oxygen atoms in total. The van der Waals surface area contributed by atoms with Gasteiger partial charge in [0.2, 0.25) is 0 Å². The van der Waals surface area contributed by atoms with Gasteiger partial charge in [0.05, 0.1) is 5.57 Å². The van der Waals surface area contributed by atoms with Crippen molar-refractivity contribution in [3.8, 4) is 6.07 Å². The van der Waals surface area contributed by atoms with Crippen LogP contribution in [0.25, 0.3) is 0 Å². The Hall–Kier alpha value is -1.10. The van der Waals surface area contributed by atoms with E-state index in [2.05, 4.69) is 0 Å². The molecule has 0 bridgehead atoms. The third-order valence-electron chi connectivity index (χ3n) is 0.596. The van der Waals surface area contributed by atoms with Crippen LogP contribution in [0.4, 0.5) is 0 Å². The minimum atomic E-state index is 0.403. The molecule has 0 rings (SSSR count). The van der Waals surface area contributed by atoms with Gasteiger partial charge < -0.3 is 5.41 Å². The Labute approximate surface area is 42.6 Å². The molecular formula is C5H6N2.